The highest BCUT2D eigenvalue weighted by Crippen LogP contribution is 2.36. The predicted molar refractivity (Wildman–Crippen MR) is 99.3 cm³/mol. The average molecular weight is 365 g/mol. The van der Waals surface area contributed by atoms with Crippen LogP contribution in [0, 0.1) is 5.92 Å². The molecule has 2 atom stereocenters. The van der Waals surface area contributed by atoms with Gasteiger partial charge in [-0.25, -0.2) is 4.79 Å². The molecule has 0 aromatic heterocycles. The maximum atomic E-state index is 12.4. The number of nitrogens with one attached hydrogen (secondary N) is 1. The number of aliphatic hydroxyl groups excluding tert-OH is 1. The summed E-state index contributed by atoms with van der Waals surface area (Å²) in [5, 5.41) is 12.8. The molecule has 1 aliphatic rings. The minimum Gasteiger partial charge on any atom is -0.494 e. The lowest BCUT2D eigenvalue weighted by Crippen LogP contribution is -2.53. The third kappa shape index (κ3) is 5.11. The second-order valence-electron chi connectivity index (χ2n) is 7.72. The fourth-order valence-corrected chi connectivity index (χ4v) is 3.03. The smallest absolute Gasteiger partial charge is 0.408 e. The molecular formula is C20H31NO5. The number of alkyl carbamates (subject to hydrolysis) is 1. The lowest BCUT2D eigenvalue weighted by molar-refractivity contribution is 0.0395. The Labute approximate surface area is 155 Å². The van der Waals surface area contributed by atoms with Crippen molar-refractivity contribution in [1.82, 2.24) is 5.32 Å². The Morgan fingerprint density at radius 3 is 2.62 bits per heavy atom. The number of rotatable bonds is 7. The molecule has 1 aromatic rings. The van der Waals surface area contributed by atoms with Crippen LogP contribution in [0.1, 0.15) is 46.1 Å². The highest BCUT2D eigenvalue weighted by molar-refractivity contribution is 5.69. The first-order chi connectivity index (χ1) is 12.3. The van der Waals surface area contributed by atoms with E-state index < -0.39 is 17.2 Å². The largest absolute Gasteiger partial charge is 0.494 e. The fourth-order valence-electron chi connectivity index (χ4n) is 3.03. The van der Waals surface area contributed by atoms with Crippen molar-refractivity contribution in [2.24, 2.45) is 5.92 Å². The van der Waals surface area contributed by atoms with Gasteiger partial charge in [-0.05, 0) is 44.9 Å². The summed E-state index contributed by atoms with van der Waals surface area (Å²) in [6, 6.07) is 7.60. The van der Waals surface area contributed by atoms with E-state index in [1.807, 2.05) is 45.0 Å². The van der Waals surface area contributed by atoms with Gasteiger partial charge in [-0.15, -0.1) is 0 Å². The molecule has 0 spiro atoms. The Morgan fingerprint density at radius 1 is 1.35 bits per heavy atom. The van der Waals surface area contributed by atoms with Crippen LogP contribution in [0.4, 0.5) is 4.79 Å². The Hall–Kier alpha value is -1.79. The van der Waals surface area contributed by atoms with Crippen molar-refractivity contribution in [3.63, 3.8) is 0 Å². The summed E-state index contributed by atoms with van der Waals surface area (Å²) in [7, 11) is 0. The van der Waals surface area contributed by atoms with Crippen LogP contribution in [0.25, 0.3) is 0 Å². The minimum atomic E-state index is -0.820. The highest BCUT2D eigenvalue weighted by atomic mass is 16.6. The topological polar surface area (TPSA) is 77.0 Å². The molecule has 146 valence electrons. The summed E-state index contributed by atoms with van der Waals surface area (Å²) >= 11 is 0. The molecule has 26 heavy (non-hydrogen) atoms. The minimum absolute atomic E-state index is 0.0927. The molecule has 0 radical (unpaired) electrons. The average Bonchev–Trinajstić information content (AvgIpc) is 2.97. The molecule has 0 saturated carbocycles. The quantitative estimate of drug-likeness (QED) is 0.726. The standard InChI is InChI=1S/C20H31NO5/c1-5-6-11-25-17-9-7-15(8-10-17)20(14-24-13-16(20)12-22)21-18(23)26-19(2,3)4/h7-10,16,22H,5-6,11-14H2,1-4H3,(H,21,23)/t16?,20-/m1/s1. The first kappa shape index (κ1) is 20.5. The zero-order chi connectivity index (χ0) is 19.2. The summed E-state index contributed by atoms with van der Waals surface area (Å²) < 4.78 is 16.7. The van der Waals surface area contributed by atoms with Crippen molar-refractivity contribution in [2.75, 3.05) is 26.4 Å². The van der Waals surface area contributed by atoms with Crippen molar-refractivity contribution >= 4 is 6.09 Å². The van der Waals surface area contributed by atoms with E-state index in [4.69, 9.17) is 14.2 Å². The van der Waals surface area contributed by atoms with E-state index in [9.17, 15) is 9.90 Å². The Bertz CT molecular complexity index is 581. The van der Waals surface area contributed by atoms with Gasteiger partial charge >= 0.3 is 6.09 Å². The second-order valence-corrected chi connectivity index (χ2v) is 7.72. The number of hydrogen-bond donors (Lipinski definition) is 2. The predicted octanol–water partition coefficient (Wildman–Crippen LogP) is 3.22. The van der Waals surface area contributed by atoms with Gasteiger partial charge in [-0.3, -0.25) is 0 Å². The van der Waals surface area contributed by atoms with Crippen LogP contribution >= 0.6 is 0 Å². The molecule has 1 amide bonds. The molecule has 0 bridgehead atoms. The number of benzene rings is 1. The van der Waals surface area contributed by atoms with Gasteiger partial charge in [0.25, 0.3) is 0 Å². The van der Waals surface area contributed by atoms with E-state index in [1.165, 1.54) is 0 Å². The monoisotopic (exact) mass is 365 g/mol. The number of carbonyl (C=O) groups excluding carboxylic acids is 1. The summed E-state index contributed by atoms with van der Waals surface area (Å²) in [5.74, 6) is 0.538. The van der Waals surface area contributed by atoms with E-state index in [0.717, 1.165) is 24.2 Å². The van der Waals surface area contributed by atoms with Crippen molar-refractivity contribution in [3.8, 4) is 5.75 Å². The maximum absolute atomic E-state index is 12.4. The molecule has 1 aliphatic heterocycles. The van der Waals surface area contributed by atoms with E-state index in [1.54, 1.807) is 0 Å². The number of carbonyl (C=O) groups is 1. The molecule has 1 saturated heterocycles. The van der Waals surface area contributed by atoms with E-state index in [-0.39, 0.29) is 19.1 Å². The number of unbranched alkanes of at least 4 members (excludes halogenated alkanes) is 1. The molecule has 6 heteroatoms. The molecule has 1 fully saturated rings. The maximum Gasteiger partial charge on any atom is 0.408 e. The Morgan fingerprint density at radius 2 is 2.04 bits per heavy atom. The van der Waals surface area contributed by atoms with Crippen molar-refractivity contribution in [1.29, 1.82) is 0 Å². The van der Waals surface area contributed by atoms with Gasteiger partial charge in [0.15, 0.2) is 0 Å². The van der Waals surface area contributed by atoms with Gasteiger partial charge in [0.1, 0.15) is 11.4 Å². The second kappa shape index (κ2) is 8.73. The number of aliphatic hydroxyl groups is 1. The number of hydrogen-bond acceptors (Lipinski definition) is 5. The van der Waals surface area contributed by atoms with Crippen LogP contribution in [-0.2, 0) is 15.0 Å². The molecular weight excluding hydrogens is 334 g/mol. The SMILES string of the molecule is CCCCOc1ccc([C@]2(NC(=O)OC(C)(C)C)COCC2CO)cc1. The molecule has 0 aliphatic carbocycles. The van der Waals surface area contributed by atoms with Crippen molar-refractivity contribution < 1.29 is 24.1 Å². The van der Waals surface area contributed by atoms with Crippen LogP contribution in [-0.4, -0.2) is 43.2 Å². The van der Waals surface area contributed by atoms with Gasteiger partial charge in [-0.2, -0.15) is 0 Å². The molecule has 1 heterocycles. The first-order valence-electron chi connectivity index (χ1n) is 9.24. The normalized spacial score (nSPS) is 22.9. The van der Waals surface area contributed by atoms with Gasteiger partial charge in [0.2, 0.25) is 0 Å². The van der Waals surface area contributed by atoms with E-state index in [0.29, 0.717) is 13.2 Å². The lowest BCUT2D eigenvalue weighted by atomic mass is 9.81. The zero-order valence-corrected chi connectivity index (χ0v) is 16.2. The number of amides is 1. The van der Waals surface area contributed by atoms with Crippen LogP contribution in [0.3, 0.4) is 0 Å². The van der Waals surface area contributed by atoms with Crippen LogP contribution < -0.4 is 10.1 Å². The first-order valence-corrected chi connectivity index (χ1v) is 9.24. The summed E-state index contributed by atoms with van der Waals surface area (Å²) in [4.78, 5) is 12.4. The van der Waals surface area contributed by atoms with Gasteiger partial charge in [0.05, 0.1) is 32.0 Å². The summed E-state index contributed by atoms with van der Waals surface area (Å²) in [5.41, 5.74) is -0.558. The molecule has 2 N–H and O–H groups in total. The third-order valence-corrected chi connectivity index (χ3v) is 4.43. The van der Waals surface area contributed by atoms with Gasteiger partial charge in [0, 0.05) is 5.92 Å². The Balaban J connectivity index is 2.20. The van der Waals surface area contributed by atoms with Gasteiger partial charge < -0.3 is 24.6 Å². The van der Waals surface area contributed by atoms with Crippen molar-refractivity contribution in [2.45, 2.75) is 51.7 Å². The summed E-state index contributed by atoms with van der Waals surface area (Å²) in [6.07, 6.45) is 1.56. The highest BCUT2D eigenvalue weighted by Gasteiger charge is 2.47. The van der Waals surface area contributed by atoms with Crippen molar-refractivity contribution in [3.05, 3.63) is 29.8 Å². The zero-order valence-electron chi connectivity index (χ0n) is 16.2. The number of ether oxygens (including phenoxy) is 3. The Kier molecular flexibility index (Phi) is 6.89. The molecule has 2 rings (SSSR count). The molecule has 6 nitrogen and oxygen atoms in total. The van der Waals surface area contributed by atoms with E-state index >= 15 is 0 Å². The van der Waals surface area contributed by atoms with Gasteiger partial charge in [-0.1, -0.05) is 25.5 Å². The third-order valence-electron chi connectivity index (χ3n) is 4.43. The molecule has 1 aromatic carbocycles. The fraction of sp³-hybridized carbons (Fsp3) is 0.650. The van der Waals surface area contributed by atoms with Crippen LogP contribution in [0.5, 0.6) is 5.75 Å². The van der Waals surface area contributed by atoms with E-state index in [2.05, 4.69) is 12.2 Å². The molecule has 1 unspecified atom stereocenters. The van der Waals surface area contributed by atoms with Crippen LogP contribution in [0.2, 0.25) is 0 Å². The summed E-state index contributed by atoms with van der Waals surface area (Å²) in [6.45, 7) is 8.81. The lowest BCUT2D eigenvalue weighted by Gasteiger charge is -2.35. The van der Waals surface area contributed by atoms with Crippen LogP contribution in [0.15, 0.2) is 24.3 Å².